The highest BCUT2D eigenvalue weighted by Gasteiger charge is 2.05. The van der Waals surface area contributed by atoms with Crippen molar-refractivity contribution in [3.8, 4) is 0 Å². The molecule has 1 amide bonds. The van der Waals surface area contributed by atoms with Crippen molar-refractivity contribution in [1.29, 1.82) is 0 Å². The Morgan fingerprint density at radius 1 is 1.32 bits per heavy atom. The van der Waals surface area contributed by atoms with Crippen LogP contribution in [0.5, 0.6) is 0 Å². The zero-order chi connectivity index (χ0) is 13.7. The van der Waals surface area contributed by atoms with Gasteiger partial charge in [-0.1, -0.05) is 23.7 Å². The molecule has 1 aromatic carbocycles. The van der Waals surface area contributed by atoms with Crippen molar-refractivity contribution in [3.05, 3.63) is 58.6 Å². The van der Waals surface area contributed by atoms with Gasteiger partial charge in [0.05, 0.1) is 5.56 Å². The van der Waals surface area contributed by atoms with E-state index in [-0.39, 0.29) is 5.91 Å². The Kier molecular flexibility index (Phi) is 4.47. The SMILES string of the molecule is Cc1ncc(C(=O)NCCc2cccc(Cl)c2)cn1. The highest BCUT2D eigenvalue weighted by atomic mass is 35.5. The summed E-state index contributed by atoms with van der Waals surface area (Å²) in [5, 5.41) is 3.53. The minimum absolute atomic E-state index is 0.165. The first-order chi connectivity index (χ1) is 9.15. The lowest BCUT2D eigenvalue weighted by Crippen LogP contribution is -2.26. The van der Waals surface area contributed by atoms with E-state index < -0.39 is 0 Å². The number of rotatable bonds is 4. The molecule has 2 aromatic rings. The summed E-state index contributed by atoms with van der Waals surface area (Å²) in [7, 11) is 0. The summed E-state index contributed by atoms with van der Waals surface area (Å²) in [6.45, 7) is 2.33. The van der Waals surface area contributed by atoms with Crippen LogP contribution in [-0.4, -0.2) is 22.4 Å². The molecule has 1 N–H and O–H groups in total. The van der Waals surface area contributed by atoms with E-state index in [2.05, 4.69) is 15.3 Å². The molecule has 5 heteroatoms. The summed E-state index contributed by atoms with van der Waals surface area (Å²) in [5.41, 5.74) is 1.56. The van der Waals surface area contributed by atoms with Gasteiger partial charge in [0.1, 0.15) is 5.82 Å². The number of halogens is 1. The molecule has 2 rings (SSSR count). The predicted molar refractivity (Wildman–Crippen MR) is 74.3 cm³/mol. The van der Waals surface area contributed by atoms with Crippen molar-refractivity contribution in [1.82, 2.24) is 15.3 Å². The third-order valence-corrected chi connectivity index (χ3v) is 2.87. The Morgan fingerprint density at radius 3 is 2.74 bits per heavy atom. The number of nitrogens with zero attached hydrogens (tertiary/aromatic N) is 2. The average Bonchev–Trinajstić information content (AvgIpc) is 2.39. The topological polar surface area (TPSA) is 54.9 Å². The van der Waals surface area contributed by atoms with Crippen LogP contribution in [0.15, 0.2) is 36.7 Å². The highest BCUT2D eigenvalue weighted by molar-refractivity contribution is 6.30. The van der Waals surface area contributed by atoms with Gasteiger partial charge < -0.3 is 5.32 Å². The van der Waals surface area contributed by atoms with E-state index in [9.17, 15) is 4.79 Å². The van der Waals surface area contributed by atoms with Crippen LogP contribution in [0.4, 0.5) is 0 Å². The molecule has 98 valence electrons. The van der Waals surface area contributed by atoms with Crippen molar-refractivity contribution in [2.75, 3.05) is 6.54 Å². The lowest BCUT2D eigenvalue weighted by atomic mass is 10.1. The van der Waals surface area contributed by atoms with Gasteiger partial charge in [0, 0.05) is 24.0 Å². The van der Waals surface area contributed by atoms with E-state index in [0.717, 1.165) is 12.0 Å². The molecular formula is C14H14ClN3O. The van der Waals surface area contributed by atoms with Gasteiger partial charge in [-0.15, -0.1) is 0 Å². The van der Waals surface area contributed by atoms with E-state index in [0.29, 0.717) is 23.0 Å². The van der Waals surface area contributed by atoms with Crippen LogP contribution in [-0.2, 0) is 6.42 Å². The van der Waals surface area contributed by atoms with Gasteiger partial charge in [-0.25, -0.2) is 9.97 Å². The molecule has 0 aliphatic heterocycles. The summed E-state index contributed by atoms with van der Waals surface area (Å²) in [5.74, 6) is 0.484. The smallest absolute Gasteiger partial charge is 0.254 e. The Hall–Kier alpha value is -1.94. The molecule has 1 aromatic heterocycles. The van der Waals surface area contributed by atoms with Crippen LogP contribution in [0.2, 0.25) is 5.02 Å². The van der Waals surface area contributed by atoms with Gasteiger partial charge in [0.15, 0.2) is 0 Å². The van der Waals surface area contributed by atoms with Gasteiger partial charge >= 0.3 is 0 Å². The summed E-state index contributed by atoms with van der Waals surface area (Å²) in [6.07, 6.45) is 3.78. The molecule has 0 aliphatic carbocycles. The monoisotopic (exact) mass is 275 g/mol. The first-order valence-corrected chi connectivity index (χ1v) is 6.34. The maximum absolute atomic E-state index is 11.8. The molecule has 0 spiro atoms. The quantitative estimate of drug-likeness (QED) is 0.932. The second kappa shape index (κ2) is 6.29. The second-order valence-electron chi connectivity index (χ2n) is 4.15. The summed E-state index contributed by atoms with van der Waals surface area (Å²) in [6, 6.07) is 7.59. The molecular weight excluding hydrogens is 262 g/mol. The lowest BCUT2D eigenvalue weighted by Gasteiger charge is -2.05. The predicted octanol–water partition coefficient (Wildman–Crippen LogP) is 2.41. The van der Waals surface area contributed by atoms with Crippen LogP contribution in [0.25, 0.3) is 0 Å². The number of amides is 1. The van der Waals surface area contributed by atoms with Crippen LogP contribution in [0, 0.1) is 6.92 Å². The number of hydrogen-bond acceptors (Lipinski definition) is 3. The number of carbonyl (C=O) groups is 1. The standard InChI is InChI=1S/C14H14ClN3O/c1-10-17-8-12(9-18-10)14(19)16-6-5-11-3-2-4-13(15)7-11/h2-4,7-9H,5-6H2,1H3,(H,16,19). The lowest BCUT2D eigenvalue weighted by molar-refractivity contribution is 0.0953. The van der Waals surface area contributed by atoms with E-state index >= 15 is 0 Å². The maximum Gasteiger partial charge on any atom is 0.254 e. The van der Waals surface area contributed by atoms with Crippen LogP contribution >= 0.6 is 11.6 Å². The minimum Gasteiger partial charge on any atom is -0.352 e. The molecule has 0 saturated carbocycles. The molecule has 0 fully saturated rings. The molecule has 0 atom stereocenters. The first kappa shape index (κ1) is 13.5. The molecule has 0 radical (unpaired) electrons. The van der Waals surface area contributed by atoms with E-state index in [1.54, 1.807) is 6.92 Å². The van der Waals surface area contributed by atoms with Gasteiger partial charge in [0.2, 0.25) is 0 Å². The van der Waals surface area contributed by atoms with E-state index in [1.807, 2.05) is 24.3 Å². The molecule has 1 heterocycles. The third-order valence-electron chi connectivity index (χ3n) is 2.63. The molecule has 4 nitrogen and oxygen atoms in total. The zero-order valence-corrected chi connectivity index (χ0v) is 11.3. The van der Waals surface area contributed by atoms with Crippen molar-refractivity contribution in [2.45, 2.75) is 13.3 Å². The Balaban J connectivity index is 1.86. The van der Waals surface area contributed by atoms with Gasteiger partial charge in [0.25, 0.3) is 5.91 Å². The fourth-order valence-electron chi connectivity index (χ4n) is 1.62. The molecule has 0 unspecified atom stereocenters. The average molecular weight is 276 g/mol. The summed E-state index contributed by atoms with van der Waals surface area (Å²) >= 11 is 5.89. The number of aromatic nitrogens is 2. The Bertz CT molecular complexity index is 569. The molecule has 0 bridgehead atoms. The van der Waals surface area contributed by atoms with Crippen LogP contribution in [0.1, 0.15) is 21.7 Å². The summed E-state index contributed by atoms with van der Waals surface area (Å²) in [4.78, 5) is 19.8. The second-order valence-corrected chi connectivity index (χ2v) is 4.59. The zero-order valence-electron chi connectivity index (χ0n) is 10.6. The Morgan fingerprint density at radius 2 is 2.05 bits per heavy atom. The fourth-order valence-corrected chi connectivity index (χ4v) is 1.84. The largest absolute Gasteiger partial charge is 0.352 e. The van der Waals surface area contributed by atoms with Gasteiger partial charge in [-0.05, 0) is 31.0 Å². The molecule has 19 heavy (non-hydrogen) atoms. The Labute approximate surface area is 116 Å². The minimum atomic E-state index is -0.165. The van der Waals surface area contributed by atoms with Crippen molar-refractivity contribution >= 4 is 17.5 Å². The number of hydrogen-bond donors (Lipinski definition) is 1. The van der Waals surface area contributed by atoms with E-state index in [4.69, 9.17) is 11.6 Å². The number of carbonyl (C=O) groups excluding carboxylic acids is 1. The van der Waals surface area contributed by atoms with E-state index in [1.165, 1.54) is 12.4 Å². The first-order valence-electron chi connectivity index (χ1n) is 5.96. The van der Waals surface area contributed by atoms with Gasteiger partial charge in [-0.3, -0.25) is 4.79 Å². The normalized spacial score (nSPS) is 10.2. The molecule has 0 aliphatic rings. The number of benzene rings is 1. The highest BCUT2D eigenvalue weighted by Crippen LogP contribution is 2.10. The number of aryl methyl sites for hydroxylation is 1. The summed E-state index contributed by atoms with van der Waals surface area (Å²) < 4.78 is 0. The van der Waals surface area contributed by atoms with Crippen molar-refractivity contribution in [3.63, 3.8) is 0 Å². The van der Waals surface area contributed by atoms with Crippen molar-refractivity contribution in [2.24, 2.45) is 0 Å². The van der Waals surface area contributed by atoms with Crippen molar-refractivity contribution < 1.29 is 4.79 Å². The fraction of sp³-hybridized carbons (Fsp3) is 0.214. The molecule has 0 saturated heterocycles. The van der Waals surface area contributed by atoms with Crippen LogP contribution in [0.3, 0.4) is 0 Å². The van der Waals surface area contributed by atoms with Crippen LogP contribution < -0.4 is 5.32 Å². The maximum atomic E-state index is 11.8. The van der Waals surface area contributed by atoms with Gasteiger partial charge in [-0.2, -0.15) is 0 Å². The number of nitrogens with one attached hydrogen (secondary N) is 1. The third kappa shape index (κ3) is 4.03.